The van der Waals surface area contributed by atoms with Crippen LogP contribution in [-0.2, 0) is 26.1 Å². The van der Waals surface area contributed by atoms with Gasteiger partial charge in [0.05, 0.1) is 25.9 Å². The summed E-state index contributed by atoms with van der Waals surface area (Å²) in [7, 11) is -3.39. The molecule has 2 aliphatic rings. The van der Waals surface area contributed by atoms with Gasteiger partial charge in [-0.15, -0.1) is 0 Å². The smallest absolute Gasteiger partial charge is 0.282 e. The van der Waals surface area contributed by atoms with Gasteiger partial charge in [-0.25, -0.2) is 0 Å². The third kappa shape index (κ3) is 4.55. The van der Waals surface area contributed by atoms with E-state index in [1.165, 1.54) is 9.87 Å². The molecule has 6 nitrogen and oxygen atoms in total. The quantitative estimate of drug-likeness (QED) is 0.772. The van der Waals surface area contributed by atoms with E-state index >= 15 is 0 Å². The van der Waals surface area contributed by atoms with Crippen molar-refractivity contribution < 1.29 is 17.9 Å². The molecule has 2 heterocycles. The monoisotopic (exact) mass is 354 g/mol. The lowest BCUT2D eigenvalue weighted by molar-refractivity contribution is -0.00974. The van der Waals surface area contributed by atoms with E-state index in [4.69, 9.17) is 9.47 Å². The molecule has 2 saturated heterocycles. The first-order chi connectivity index (χ1) is 11.7. The van der Waals surface area contributed by atoms with Gasteiger partial charge in [0.2, 0.25) is 0 Å². The van der Waals surface area contributed by atoms with Crippen LogP contribution in [0, 0.1) is 0 Å². The molecule has 0 unspecified atom stereocenters. The van der Waals surface area contributed by atoms with Crippen LogP contribution >= 0.6 is 0 Å². The summed E-state index contributed by atoms with van der Waals surface area (Å²) in [6.45, 7) is 3.20. The molecule has 0 aliphatic carbocycles. The molecule has 1 aromatic rings. The van der Waals surface area contributed by atoms with Crippen molar-refractivity contribution >= 4 is 10.2 Å². The van der Waals surface area contributed by atoms with Crippen LogP contribution in [0.3, 0.4) is 0 Å². The number of benzene rings is 1. The molecule has 24 heavy (non-hydrogen) atoms. The summed E-state index contributed by atoms with van der Waals surface area (Å²) < 4.78 is 39.6. The van der Waals surface area contributed by atoms with E-state index in [2.05, 4.69) is 12.1 Å². The highest BCUT2D eigenvalue weighted by Gasteiger charge is 2.34. The minimum absolute atomic E-state index is 0.0155. The molecule has 0 bridgehead atoms. The van der Waals surface area contributed by atoms with E-state index in [1.807, 2.05) is 18.2 Å². The maximum atomic E-state index is 12.7. The van der Waals surface area contributed by atoms with Crippen molar-refractivity contribution in [2.45, 2.75) is 25.4 Å². The molecule has 2 aliphatic heterocycles. The first-order valence-corrected chi connectivity index (χ1v) is 10.0. The van der Waals surface area contributed by atoms with E-state index in [0.717, 1.165) is 19.3 Å². The SMILES string of the molecule is O=S(=O)(N1CCOCC1)N1CCO[C@H](CCCc2ccccc2)C1. The average molecular weight is 354 g/mol. The third-order valence-electron chi connectivity index (χ3n) is 4.56. The first-order valence-electron chi connectivity index (χ1n) is 8.65. The summed E-state index contributed by atoms with van der Waals surface area (Å²) in [5.74, 6) is 0. The van der Waals surface area contributed by atoms with Crippen LogP contribution in [0.15, 0.2) is 30.3 Å². The molecule has 134 valence electrons. The Balaban J connectivity index is 1.50. The second-order valence-electron chi connectivity index (χ2n) is 6.25. The average Bonchev–Trinajstić information content (AvgIpc) is 2.64. The number of ether oxygens (including phenoxy) is 2. The Hall–Kier alpha value is -0.990. The number of rotatable bonds is 6. The fraction of sp³-hybridized carbons (Fsp3) is 0.647. The topological polar surface area (TPSA) is 59.1 Å². The molecule has 3 rings (SSSR count). The van der Waals surface area contributed by atoms with Gasteiger partial charge in [-0.1, -0.05) is 30.3 Å². The lowest BCUT2D eigenvalue weighted by Crippen LogP contribution is -2.53. The molecule has 1 aromatic carbocycles. The summed E-state index contributed by atoms with van der Waals surface area (Å²) in [4.78, 5) is 0. The maximum absolute atomic E-state index is 12.7. The molecular weight excluding hydrogens is 328 g/mol. The zero-order valence-corrected chi connectivity index (χ0v) is 14.8. The van der Waals surface area contributed by atoms with Gasteiger partial charge in [-0.3, -0.25) is 0 Å². The predicted molar refractivity (Wildman–Crippen MR) is 92.0 cm³/mol. The molecule has 1 atom stereocenters. The van der Waals surface area contributed by atoms with E-state index in [1.54, 1.807) is 4.31 Å². The van der Waals surface area contributed by atoms with Crippen molar-refractivity contribution in [3.63, 3.8) is 0 Å². The van der Waals surface area contributed by atoms with E-state index in [-0.39, 0.29) is 6.10 Å². The summed E-state index contributed by atoms with van der Waals surface area (Å²) >= 11 is 0. The standard InChI is InChI=1S/C17H26N2O4S/c20-24(21,18-9-12-22-13-10-18)19-11-14-23-17(15-19)8-4-7-16-5-2-1-3-6-16/h1-3,5-6,17H,4,7-15H2/t17-/m1/s1. The number of morpholine rings is 2. The van der Waals surface area contributed by atoms with Gasteiger partial charge >= 0.3 is 0 Å². The van der Waals surface area contributed by atoms with Crippen LogP contribution in [0.5, 0.6) is 0 Å². The highest BCUT2D eigenvalue weighted by Crippen LogP contribution is 2.18. The van der Waals surface area contributed by atoms with Gasteiger partial charge in [-0.2, -0.15) is 17.0 Å². The van der Waals surface area contributed by atoms with Gasteiger partial charge in [0.1, 0.15) is 0 Å². The molecular formula is C17H26N2O4S. The van der Waals surface area contributed by atoms with E-state index in [0.29, 0.717) is 46.0 Å². The van der Waals surface area contributed by atoms with Gasteiger partial charge in [0.25, 0.3) is 10.2 Å². The zero-order valence-electron chi connectivity index (χ0n) is 14.0. The molecule has 0 radical (unpaired) electrons. The normalized spacial score (nSPS) is 24.1. The van der Waals surface area contributed by atoms with Crippen LogP contribution in [0.1, 0.15) is 18.4 Å². The van der Waals surface area contributed by atoms with E-state index in [9.17, 15) is 8.42 Å². The maximum Gasteiger partial charge on any atom is 0.282 e. The first kappa shape index (κ1) is 17.8. The van der Waals surface area contributed by atoms with Gasteiger partial charge in [0.15, 0.2) is 0 Å². The van der Waals surface area contributed by atoms with Crippen LogP contribution in [-0.4, -0.2) is 69.1 Å². The van der Waals surface area contributed by atoms with Crippen molar-refractivity contribution in [3.05, 3.63) is 35.9 Å². The predicted octanol–water partition coefficient (Wildman–Crippen LogP) is 1.29. The van der Waals surface area contributed by atoms with Crippen LogP contribution in [0.25, 0.3) is 0 Å². The van der Waals surface area contributed by atoms with Crippen molar-refractivity contribution in [1.29, 1.82) is 0 Å². The van der Waals surface area contributed by atoms with Crippen molar-refractivity contribution in [1.82, 2.24) is 8.61 Å². The Bertz CT molecular complexity index is 602. The minimum Gasteiger partial charge on any atom is -0.379 e. The summed E-state index contributed by atoms with van der Waals surface area (Å²) in [6, 6.07) is 10.3. The van der Waals surface area contributed by atoms with Crippen molar-refractivity contribution in [2.75, 3.05) is 46.0 Å². The molecule has 0 saturated carbocycles. The fourth-order valence-corrected chi connectivity index (χ4v) is 4.79. The van der Waals surface area contributed by atoms with Crippen LogP contribution < -0.4 is 0 Å². The highest BCUT2D eigenvalue weighted by atomic mass is 32.2. The van der Waals surface area contributed by atoms with Gasteiger partial charge in [-0.05, 0) is 24.8 Å². The number of hydrogen-bond donors (Lipinski definition) is 0. The summed E-state index contributed by atoms with van der Waals surface area (Å²) in [5, 5.41) is 0. The molecule has 0 aromatic heterocycles. The Morgan fingerprint density at radius 1 is 1.00 bits per heavy atom. The Kier molecular flexibility index (Phi) is 6.24. The second kappa shape index (κ2) is 8.40. The Morgan fingerprint density at radius 2 is 1.71 bits per heavy atom. The van der Waals surface area contributed by atoms with E-state index < -0.39 is 10.2 Å². The number of nitrogens with zero attached hydrogens (tertiary/aromatic N) is 2. The number of aryl methyl sites for hydroxylation is 1. The largest absolute Gasteiger partial charge is 0.379 e. The van der Waals surface area contributed by atoms with Crippen molar-refractivity contribution in [3.8, 4) is 0 Å². The molecule has 2 fully saturated rings. The van der Waals surface area contributed by atoms with Crippen LogP contribution in [0.4, 0.5) is 0 Å². The second-order valence-corrected chi connectivity index (χ2v) is 8.18. The Morgan fingerprint density at radius 3 is 2.46 bits per heavy atom. The zero-order chi connectivity index (χ0) is 16.8. The van der Waals surface area contributed by atoms with Crippen LogP contribution in [0.2, 0.25) is 0 Å². The Labute approximate surface area is 144 Å². The fourth-order valence-electron chi connectivity index (χ4n) is 3.20. The number of hydrogen-bond acceptors (Lipinski definition) is 4. The molecule has 0 N–H and O–H groups in total. The lowest BCUT2D eigenvalue weighted by atomic mass is 10.1. The molecule has 7 heteroatoms. The summed E-state index contributed by atoms with van der Waals surface area (Å²) in [5.41, 5.74) is 1.31. The molecule has 0 amide bonds. The van der Waals surface area contributed by atoms with Gasteiger partial charge < -0.3 is 9.47 Å². The third-order valence-corrected chi connectivity index (χ3v) is 6.56. The lowest BCUT2D eigenvalue weighted by Gasteiger charge is -2.36. The van der Waals surface area contributed by atoms with Gasteiger partial charge in [0, 0.05) is 26.2 Å². The molecule has 0 spiro atoms. The summed E-state index contributed by atoms with van der Waals surface area (Å²) in [6.07, 6.45) is 2.86. The highest BCUT2D eigenvalue weighted by molar-refractivity contribution is 7.86. The minimum atomic E-state index is -3.39. The van der Waals surface area contributed by atoms with Crippen molar-refractivity contribution in [2.24, 2.45) is 0 Å².